The monoisotopic (exact) mass is 493 g/mol. The van der Waals surface area contributed by atoms with Crippen molar-refractivity contribution in [1.82, 2.24) is 10.3 Å². The van der Waals surface area contributed by atoms with E-state index in [1.807, 2.05) is 22.6 Å². The van der Waals surface area contributed by atoms with Crippen molar-refractivity contribution in [2.45, 2.75) is 0 Å². The van der Waals surface area contributed by atoms with Crippen LogP contribution in [0.1, 0.15) is 10.4 Å². The lowest BCUT2D eigenvalue weighted by atomic mass is 10.2. The maximum absolute atomic E-state index is 14.0. The largest absolute Gasteiger partial charge is 0.383 e. The Morgan fingerprint density at radius 1 is 1.39 bits per heavy atom. The Morgan fingerprint density at radius 3 is 2.87 bits per heavy atom. The standard InChI is InChI=1S/C15H14BrFIN3O2/c1-23-5-4-19-15(22)10-7-14(16)20-8-13(10)21-12-3-2-9(18)6-11(12)17/h2-3,6-8,21H,4-5H2,1H3,(H,19,22). The average molecular weight is 494 g/mol. The Morgan fingerprint density at radius 2 is 2.17 bits per heavy atom. The van der Waals surface area contributed by atoms with Crippen LogP contribution < -0.4 is 10.6 Å². The molecule has 23 heavy (non-hydrogen) atoms. The Balaban J connectivity index is 2.26. The first-order valence-corrected chi connectivity index (χ1v) is 8.53. The molecule has 0 fully saturated rings. The molecule has 122 valence electrons. The van der Waals surface area contributed by atoms with Gasteiger partial charge in [-0.2, -0.15) is 0 Å². The molecule has 0 unspecified atom stereocenters. The molecule has 0 atom stereocenters. The van der Waals surface area contributed by atoms with Crippen LogP contribution in [-0.4, -0.2) is 31.2 Å². The van der Waals surface area contributed by atoms with Crippen LogP contribution in [0.15, 0.2) is 35.1 Å². The second kappa shape index (κ2) is 8.55. The van der Waals surface area contributed by atoms with Crippen LogP contribution in [0.2, 0.25) is 0 Å². The molecule has 2 aromatic rings. The number of rotatable bonds is 6. The predicted molar refractivity (Wildman–Crippen MR) is 98.5 cm³/mol. The Bertz CT molecular complexity index is 715. The van der Waals surface area contributed by atoms with Gasteiger partial charge in [0.1, 0.15) is 10.4 Å². The van der Waals surface area contributed by atoms with E-state index in [0.29, 0.717) is 29.0 Å². The molecule has 2 N–H and O–H groups in total. The highest BCUT2D eigenvalue weighted by atomic mass is 127. The zero-order valence-corrected chi connectivity index (χ0v) is 15.9. The maximum atomic E-state index is 14.0. The number of halogens is 3. The van der Waals surface area contributed by atoms with Gasteiger partial charge < -0.3 is 15.4 Å². The van der Waals surface area contributed by atoms with Crippen LogP contribution in [0.5, 0.6) is 0 Å². The topological polar surface area (TPSA) is 63.2 Å². The molecule has 1 aromatic heterocycles. The summed E-state index contributed by atoms with van der Waals surface area (Å²) in [6.45, 7) is 0.791. The predicted octanol–water partition coefficient (Wildman–Crippen LogP) is 3.71. The lowest BCUT2D eigenvalue weighted by molar-refractivity contribution is 0.0938. The summed E-state index contributed by atoms with van der Waals surface area (Å²) >= 11 is 5.27. The molecule has 0 saturated heterocycles. The van der Waals surface area contributed by atoms with E-state index in [1.54, 1.807) is 25.3 Å². The van der Waals surface area contributed by atoms with Crippen LogP contribution >= 0.6 is 38.5 Å². The third-order valence-electron chi connectivity index (χ3n) is 2.91. The first-order chi connectivity index (χ1) is 11.0. The van der Waals surface area contributed by atoms with Gasteiger partial charge in [0.15, 0.2) is 0 Å². The van der Waals surface area contributed by atoms with Crippen molar-refractivity contribution in [2.75, 3.05) is 25.6 Å². The van der Waals surface area contributed by atoms with Crippen molar-refractivity contribution in [3.05, 3.63) is 50.0 Å². The third-order valence-corrected chi connectivity index (χ3v) is 4.01. The Kier molecular flexibility index (Phi) is 6.72. The Labute approximate surface area is 155 Å². The summed E-state index contributed by atoms with van der Waals surface area (Å²) in [5.41, 5.74) is 1.06. The second-order valence-corrected chi connectivity index (χ2v) is 6.61. The molecule has 5 nitrogen and oxygen atoms in total. The highest BCUT2D eigenvalue weighted by Gasteiger charge is 2.14. The number of amides is 1. The minimum absolute atomic E-state index is 0.278. The van der Waals surface area contributed by atoms with Crippen molar-refractivity contribution in [1.29, 1.82) is 0 Å². The summed E-state index contributed by atoms with van der Waals surface area (Å²) in [7, 11) is 1.56. The third kappa shape index (κ3) is 5.11. The molecule has 1 aromatic carbocycles. The number of aromatic nitrogens is 1. The number of pyridine rings is 1. The van der Waals surface area contributed by atoms with E-state index < -0.39 is 5.82 Å². The second-order valence-electron chi connectivity index (χ2n) is 4.55. The number of anilines is 2. The van der Waals surface area contributed by atoms with Gasteiger partial charge in [0, 0.05) is 17.2 Å². The van der Waals surface area contributed by atoms with Gasteiger partial charge in [-0.25, -0.2) is 9.37 Å². The van der Waals surface area contributed by atoms with E-state index in [4.69, 9.17) is 4.74 Å². The summed E-state index contributed by atoms with van der Waals surface area (Å²) in [5.74, 6) is -0.691. The molecule has 0 aliphatic heterocycles. The molecule has 0 saturated carbocycles. The summed E-state index contributed by atoms with van der Waals surface area (Å²) < 4.78 is 20.2. The van der Waals surface area contributed by atoms with Gasteiger partial charge in [-0.1, -0.05) is 0 Å². The SMILES string of the molecule is COCCNC(=O)c1cc(Br)ncc1Nc1ccc(I)cc1F. The quantitative estimate of drug-likeness (QED) is 0.366. The smallest absolute Gasteiger partial charge is 0.253 e. The number of nitrogens with zero attached hydrogens (tertiary/aromatic N) is 1. The van der Waals surface area contributed by atoms with Gasteiger partial charge in [-0.3, -0.25) is 4.79 Å². The first-order valence-electron chi connectivity index (χ1n) is 6.66. The molecular formula is C15H14BrFIN3O2. The number of hydrogen-bond acceptors (Lipinski definition) is 4. The van der Waals surface area contributed by atoms with Crippen molar-refractivity contribution in [3.63, 3.8) is 0 Å². The van der Waals surface area contributed by atoms with Gasteiger partial charge in [-0.15, -0.1) is 0 Å². The fourth-order valence-corrected chi connectivity index (χ4v) is 2.60. The van der Waals surface area contributed by atoms with Crippen LogP contribution in [0, 0.1) is 9.39 Å². The van der Waals surface area contributed by atoms with Crippen LogP contribution in [-0.2, 0) is 4.74 Å². The van der Waals surface area contributed by atoms with Gasteiger partial charge in [-0.05, 0) is 62.8 Å². The number of nitrogens with one attached hydrogen (secondary N) is 2. The average Bonchev–Trinajstić information content (AvgIpc) is 2.51. The van der Waals surface area contributed by atoms with Crippen molar-refractivity contribution in [2.24, 2.45) is 0 Å². The fourth-order valence-electron chi connectivity index (χ4n) is 1.82. The van der Waals surface area contributed by atoms with E-state index in [9.17, 15) is 9.18 Å². The minimum Gasteiger partial charge on any atom is -0.383 e. The van der Waals surface area contributed by atoms with Crippen LogP contribution in [0.4, 0.5) is 15.8 Å². The summed E-state index contributed by atoms with van der Waals surface area (Å²) in [6, 6.07) is 6.38. The van der Waals surface area contributed by atoms with Crippen molar-refractivity contribution in [3.8, 4) is 0 Å². The minimum atomic E-state index is -0.398. The molecule has 0 aliphatic carbocycles. The van der Waals surface area contributed by atoms with E-state index in [0.717, 1.165) is 3.57 Å². The first kappa shape index (κ1) is 18.1. The van der Waals surface area contributed by atoms with E-state index in [2.05, 4.69) is 31.5 Å². The lowest BCUT2D eigenvalue weighted by Crippen LogP contribution is -2.27. The Hall–Kier alpha value is -1.26. The molecule has 1 heterocycles. The maximum Gasteiger partial charge on any atom is 0.253 e. The molecule has 0 aliphatic rings. The molecule has 0 bridgehead atoms. The summed E-state index contributed by atoms with van der Waals surface area (Å²) in [5, 5.41) is 5.64. The lowest BCUT2D eigenvalue weighted by Gasteiger charge is -2.13. The molecule has 2 rings (SSSR count). The summed E-state index contributed by atoms with van der Waals surface area (Å²) in [4.78, 5) is 16.4. The van der Waals surface area contributed by atoms with Crippen LogP contribution in [0.3, 0.4) is 0 Å². The molecule has 0 spiro atoms. The van der Waals surface area contributed by atoms with E-state index in [-0.39, 0.29) is 11.6 Å². The normalized spacial score (nSPS) is 10.4. The molecule has 8 heteroatoms. The molecule has 0 radical (unpaired) electrons. The number of methoxy groups -OCH3 is 1. The number of carbonyl (C=O) groups excluding carboxylic acids is 1. The van der Waals surface area contributed by atoms with Gasteiger partial charge in [0.25, 0.3) is 5.91 Å². The molecule has 1 amide bonds. The van der Waals surface area contributed by atoms with Gasteiger partial charge in [0.2, 0.25) is 0 Å². The number of hydrogen-bond donors (Lipinski definition) is 2. The van der Waals surface area contributed by atoms with Crippen molar-refractivity contribution < 1.29 is 13.9 Å². The van der Waals surface area contributed by atoms with E-state index in [1.165, 1.54) is 12.3 Å². The zero-order chi connectivity index (χ0) is 16.8. The zero-order valence-electron chi connectivity index (χ0n) is 12.2. The van der Waals surface area contributed by atoms with Gasteiger partial charge in [0.05, 0.1) is 29.7 Å². The van der Waals surface area contributed by atoms with E-state index >= 15 is 0 Å². The highest BCUT2D eigenvalue weighted by Crippen LogP contribution is 2.25. The number of ether oxygens (including phenoxy) is 1. The van der Waals surface area contributed by atoms with Crippen molar-refractivity contribution >= 4 is 55.8 Å². The number of benzene rings is 1. The molecular weight excluding hydrogens is 480 g/mol. The van der Waals surface area contributed by atoms with Crippen LogP contribution in [0.25, 0.3) is 0 Å². The highest BCUT2D eigenvalue weighted by molar-refractivity contribution is 14.1. The van der Waals surface area contributed by atoms with Gasteiger partial charge >= 0.3 is 0 Å². The number of carbonyl (C=O) groups is 1. The summed E-state index contributed by atoms with van der Waals surface area (Å²) in [6.07, 6.45) is 1.48. The fraction of sp³-hybridized carbons (Fsp3) is 0.200.